The summed E-state index contributed by atoms with van der Waals surface area (Å²) in [5, 5.41) is 3.19. The first-order valence-corrected chi connectivity index (χ1v) is 7.28. The van der Waals surface area contributed by atoms with Crippen LogP contribution in [0.5, 0.6) is 0 Å². The Bertz CT molecular complexity index is 464. The molecule has 2 N–H and O–H groups in total. The molecule has 0 radical (unpaired) electrons. The van der Waals surface area contributed by atoms with Gasteiger partial charge in [0.25, 0.3) is 5.91 Å². The number of amides is 1. The average Bonchev–Trinajstić information content (AvgIpc) is 2.36. The molecule has 110 valence electrons. The van der Waals surface area contributed by atoms with E-state index >= 15 is 0 Å². The maximum absolute atomic E-state index is 12.3. The SMILES string of the molecule is C[NH+]1C(C)(C)CC(NC(=O)c2ccncc2)CC1(C)C. The van der Waals surface area contributed by atoms with E-state index in [9.17, 15) is 4.79 Å². The molecular formula is C16H26N3O+. The van der Waals surface area contributed by atoms with E-state index < -0.39 is 0 Å². The van der Waals surface area contributed by atoms with Gasteiger partial charge in [-0.1, -0.05) is 0 Å². The Balaban J connectivity index is 2.09. The van der Waals surface area contributed by atoms with Crippen LogP contribution < -0.4 is 10.2 Å². The molecule has 2 heterocycles. The van der Waals surface area contributed by atoms with Gasteiger partial charge in [-0.3, -0.25) is 9.78 Å². The van der Waals surface area contributed by atoms with Gasteiger partial charge in [-0.2, -0.15) is 0 Å². The van der Waals surface area contributed by atoms with Crippen LogP contribution >= 0.6 is 0 Å². The van der Waals surface area contributed by atoms with Crippen molar-refractivity contribution in [1.29, 1.82) is 0 Å². The summed E-state index contributed by atoms with van der Waals surface area (Å²) in [6.45, 7) is 9.09. The lowest BCUT2D eigenvalue weighted by Gasteiger charge is -2.50. The summed E-state index contributed by atoms with van der Waals surface area (Å²) in [4.78, 5) is 17.7. The van der Waals surface area contributed by atoms with Gasteiger partial charge >= 0.3 is 0 Å². The average molecular weight is 276 g/mol. The third-order valence-corrected chi connectivity index (χ3v) is 4.82. The number of nitrogens with one attached hydrogen (secondary N) is 2. The Labute approximate surface area is 121 Å². The van der Waals surface area contributed by atoms with Crippen molar-refractivity contribution in [2.75, 3.05) is 7.05 Å². The number of aromatic nitrogens is 1. The van der Waals surface area contributed by atoms with Crippen LogP contribution in [-0.4, -0.2) is 35.1 Å². The minimum absolute atomic E-state index is 0.00329. The molecule has 0 unspecified atom stereocenters. The summed E-state index contributed by atoms with van der Waals surface area (Å²) in [5.41, 5.74) is 1.01. The smallest absolute Gasteiger partial charge is 0.251 e. The number of hydrogen-bond donors (Lipinski definition) is 2. The third-order valence-electron chi connectivity index (χ3n) is 4.82. The lowest BCUT2D eigenvalue weighted by molar-refractivity contribution is -0.982. The van der Waals surface area contributed by atoms with Crippen LogP contribution in [0.15, 0.2) is 24.5 Å². The Hall–Kier alpha value is -1.42. The molecule has 1 amide bonds. The summed E-state index contributed by atoms with van der Waals surface area (Å²) in [7, 11) is 2.25. The topological polar surface area (TPSA) is 46.4 Å². The highest BCUT2D eigenvalue weighted by molar-refractivity contribution is 5.94. The molecule has 2 rings (SSSR count). The Morgan fingerprint density at radius 3 is 2.20 bits per heavy atom. The monoisotopic (exact) mass is 276 g/mol. The summed E-state index contributed by atoms with van der Waals surface area (Å²) >= 11 is 0. The predicted octanol–water partition coefficient (Wildman–Crippen LogP) is 1.05. The molecule has 1 aromatic rings. The normalized spacial score (nSPS) is 27.9. The number of rotatable bonds is 2. The maximum atomic E-state index is 12.3. The maximum Gasteiger partial charge on any atom is 0.251 e. The molecule has 0 bridgehead atoms. The van der Waals surface area contributed by atoms with Crippen molar-refractivity contribution in [3.63, 3.8) is 0 Å². The van der Waals surface area contributed by atoms with Crippen molar-refractivity contribution in [2.45, 2.75) is 57.7 Å². The van der Waals surface area contributed by atoms with Crippen LogP contribution in [0.25, 0.3) is 0 Å². The van der Waals surface area contributed by atoms with Gasteiger partial charge in [-0.15, -0.1) is 0 Å². The fourth-order valence-corrected chi connectivity index (χ4v) is 3.40. The van der Waals surface area contributed by atoms with Gasteiger partial charge < -0.3 is 10.2 Å². The second kappa shape index (κ2) is 5.17. The highest BCUT2D eigenvalue weighted by atomic mass is 16.1. The van der Waals surface area contributed by atoms with Gasteiger partial charge in [0.2, 0.25) is 0 Å². The second-order valence-electron chi connectivity index (χ2n) is 7.21. The van der Waals surface area contributed by atoms with Gasteiger partial charge in [-0.25, -0.2) is 0 Å². The molecule has 20 heavy (non-hydrogen) atoms. The number of likely N-dealkylation sites (tertiary alicyclic amines) is 1. The fraction of sp³-hybridized carbons (Fsp3) is 0.625. The zero-order valence-electron chi connectivity index (χ0n) is 13.2. The van der Waals surface area contributed by atoms with Crippen LogP contribution in [0.2, 0.25) is 0 Å². The number of nitrogens with zero attached hydrogens (tertiary/aromatic N) is 1. The molecule has 0 atom stereocenters. The number of quaternary nitrogens is 1. The zero-order valence-corrected chi connectivity index (χ0v) is 13.2. The molecule has 1 saturated heterocycles. The molecule has 0 aliphatic carbocycles. The number of carbonyl (C=O) groups excluding carboxylic acids is 1. The first kappa shape index (κ1) is 15.0. The summed E-state index contributed by atoms with van der Waals surface area (Å²) in [5.74, 6) is 0.00329. The van der Waals surface area contributed by atoms with E-state index in [1.807, 2.05) is 0 Å². The van der Waals surface area contributed by atoms with Gasteiger partial charge in [0.05, 0.1) is 18.1 Å². The highest BCUT2D eigenvalue weighted by Gasteiger charge is 2.47. The molecular weight excluding hydrogens is 250 g/mol. The van der Waals surface area contributed by atoms with Crippen molar-refractivity contribution in [2.24, 2.45) is 0 Å². The predicted molar refractivity (Wildman–Crippen MR) is 79.8 cm³/mol. The fourth-order valence-electron chi connectivity index (χ4n) is 3.40. The van der Waals surface area contributed by atoms with E-state index in [2.05, 4.69) is 45.0 Å². The van der Waals surface area contributed by atoms with Crippen LogP contribution in [0.1, 0.15) is 50.9 Å². The zero-order chi connectivity index (χ0) is 15.0. The lowest BCUT2D eigenvalue weighted by atomic mass is 9.77. The molecule has 0 saturated carbocycles. The van der Waals surface area contributed by atoms with Crippen LogP contribution in [0, 0.1) is 0 Å². The van der Waals surface area contributed by atoms with E-state index in [0.29, 0.717) is 5.56 Å². The van der Waals surface area contributed by atoms with Gasteiger partial charge in [0, 0.05) is 36.8 Å². The number of hydrogen-bond acceptors (Lipinski definition) is 2. The van der Waals surface area contributed by atoms with Crippen LogP contribution in [0.3, 0.4) is 0 Å². The summed E-state index contributed by atoms with van der Waals surface area (Å²) in [6, 6.07) is 3.74. The van der Waals surface area contributed by atoms with E-state index in [4.69, 9.17) is 0 Å². The largest absolute Gasteiger partial charge is 0.349 e. The third kappa shape index (κ3) is 3.01. The van der Waals surface area contributed by atoms with Crippen molar-refractivity contribution < 1.29 is 9.69 Å². The molecule has 1 aromatic heterocycles. The quantitative estimate of drug-likeness (QED) is 0.848. The lowest BCUT2D eigenvalue weighted by Crippen LogP contribution is -3.24. The minimum atomic E-state index is 0.00329. The number of piperidine rings is 1. The molecule has 0 spiro atoms. The van der Waals surface area contributed by atoms with Gasteiger partial charge in [0.15, 0.2) is 0 Å². The first-order chi connectivity index (χ1) is 9.22. The van der Waals surface area contributed by atoms with E-state index in [0.717, 1.165) is 12.8 Å². The second-order valence-corrected chi connectivity index (χ2v) is 7.21. The van der Waals surface area contributed by atoms with Crippen molar-refractivity contribution in [1.82, 2.24) is 10.3 Å². The molecule has 0 aromatic carbocycles. The molecule has 1 fully saturated rings. The molecule has 4 nitrogen and oxygen atoms in total. The number of pyridine rings is 1. The summed E-state index contributed by atoms with van der Waals surface area (Å²) in [6.07, 6.45) is 5.31. The molecule has 4 heteroatoms. The molecule has 1 aliphatic rings. The summed E-state index contributed by atoms with van der Waals surface area (Å²) < 4.78 is 0. The van der Waals surface area contributed by atoms with E-state index in [1.165, 1.54) is 4.90 Å². The van der Waals surface area contributed by atoms with E-state index in [1.54, 1.807) is 24.5 Å². The van der Waals surface area contributed by atoms with Crippen LogP contribution in [0.4, 0.5) is 0 Å². The number of carbonyl (C=O) groups is 1. The van der Waals surface area contributed by atoms with Crippen LogP contribution in [-0.2, 0) is 0 Å². The van der Waals surface area contributed by atoms with Crippen molar-refractivity contribution in [3.8, 4) is 0 Å². The molecule has 1 aliphatic heterocycles. The Morgan fingerprint density at radius 1 is 1.20 bits per heavy atom. The first-order valence-electron chi connectivity index (χ1n) is 7.28. The Kier molecular flexibility index (Phi) is 3.87. The van der Waals surface area contributed by atoms with Gasteiger partial charge in [0.1, 0.15) is 0 Å². The van der Waals surface area contributed by atoms with Crippen molar-refractivity contribution >= 4 is 5.91 Å². The highest BCUT2D eigenvalue weighted by Crippen LogP contribution is 2.23. The standard InChI is InChI=1S/C16H25N3O/c1-15(2)10-13(11-16(3,4)19(15)5)18-14(20)12-6-8-17-9-7-12/h6-9,13H,10-11H2,1-5H3,(H,18,20)/p+1. The Morgan fingerprint density at radius 2 is 1.70 bits per heavy atom. The minimum Gasteiger partial charge on any atom is -0.349 e. The van der Waals surface area contributed by atoms with E-state index in [-0.39, 0.29) is 23.0 Å². The van der Waals surface area contributed by atoms with Crippen molar-refractivity contribution in [3.05, 3.63) is 30.1 Å². The van der Waals surface area contributed by atoms with Gasteiger partial charge in [-0.05, 0) is 39.8 Å².